The molecule has 0 saturated carbocycles. The molecule has 0 aliphatic rings. The first-order valence-electron chi connectivity index (χ1n) is 5.35. The molecule has 1 amide bonds. The van der Waals surface area contributed by atoms with Crippen LogP contribution in [0.1, 0.15) is 24.9 Å². The molecule has 1 rings (SSSR count). The summed E-state index contributed by atoms with van der Waals surface area (Å²) in [6, 6.07) is 1.16. The van der Waals surface area contributed by atoms with Crippen molar-refractivity contribution in [1.82, 2.24) is 14.7 Å². The fraction of sp³-hybridized carbons (Fsp3) is 0.545. The van der Waals surface area contributed by atoms with Crippen molar-refractivity contribution in [2.45, 2.75) is 25.4 Å². The highest BCUT2D eigenvalue weighted by molar-refractivity contribution is 5.82. The van der Waals surface area contributed by atoms with Gasteiger partial charge in [0.1, 0.15) is 6.04 Å². The Hall–Kier alpha value is -1.87. The second-order valence-corrected chi connectivity index (χ2v) is 4.09. The van der Waals surface area contributed by atoms with Gasteiger partial charge in [0.05, 0.1) is 18.7 Å². The smallest absolute Gasteiger partial charge is 0.244 e. The summed E-state index contributed by atoms with van der Waals surface area (Å²) in [7, 11) is 3.42. The van der Waals surface area contributed by atoms with Crippen LogP contribution in [0.2, 0.25) is 0 Å². The van der Waals surface area contributed by atoms with E-state index in [0.717, 1.165) is 0 Å². The van der Waals surface area contributed by atoms with Crippen LogP contribution < -0.4 is 5.73 Å². The minimum absolute atomic E-state index is 0.143. The highest BCUT2D eigenvalue weighted by Crippen LogP contribution is 2.13. The summed E-state index contributed by atoms with van der Waals surface area (Å²) in [4.78, 5) is 13.5. The highest BCUT2D eigenvalue weighted by Gasteiger charge is 2.24. The van der Waals surface area contributed by atoms with E-state index in [1.54, 1.807) is 31.2 Å². The van der Waals surface area contributed by atoms with Crippen LogP contribution in [-0.4, -0.2) is 33.7 Å². The van der Waals surface area contributed by atoms with Crippen LogP contribution in [0, 0.1) is 11.3 Å². The zero-order chi connectivity index (χ0) is 13.0. The van der Waals surface area contributed by atoms with Crippen LogP contribution in [0.15, 0.2) is 12.4 Å². The van der Waals surface area contributed by atoms with Crippen LogP contribution in [0.3, 0.4) is 0 Å². The molecule has 0 aromatic carbocycles. The molecule has 2 unspecified atom stereocenters. The molecule has 0 fully saturated rings. The number of hydrogen-bond acceptors (Lipinski definition) is 4. The van der Waals surface area contributed by atoms with Crippen molar-refractivity contribution < 1.29 is 4.79 Å². The second kappa shape index (κ2) is 5.46. The van der Waals surface area contributed by atoms with E-state index in [1.165, 1.54) is 4.90 Å². The van der Waals surface area contributed by atoms with Crippen molar-refractivity contribution in [2.75, 3.05) is 7.05 Å². The average Bonchev–Trinajstić information content (AvgIpc) is 2.73. The molecule has 17 heavy (non-hydrogen) atoms. The summed E-state index contributed by atoms with van der Waals surface area (Å²) in [5.41, 5.74) is 6.53. The molecular formula is C11H17N5O. The van der Waals surface area contributed by atoms with E-state index in [9.17, 15) is 4.79 Å². The molecule has 0 aliphatic carbocycles. The van der Waals surface area contributed by atoms with Gasteiger partial charge >= 0.3 is 0 Å². The van der Waals surface area contributed by atoms with E-state index < -0.39 is 6.04 Å². The van der Waals surface area contributed by atoms with Crippen molar-refractivity contribution in [3.05, 3.63) is 18.0 Å². The molecule has 1 aromatic rings. The minimum atomic E-state index is -0.727. The molecule has 1 heterocycles. The summed E-state index contributed by atoms with van der Waals surface area (Å²) >= 11 is 0. The van der Waals surface area contributed by atoms with Gasteiger partial charge in [-0.2, -0.15) is 10.4 Å². The molecule has 0 saturated heterocycles. The summed E-state index contributed by atoms with van der Waals surface area (Å²) in [6.07, 6.45) is 3.58. The lowest BCUT2D eigenvalue weighted by Gasteiger charge is -2.25. The Labute approximate surface area is 101 Å². The van der Waals surface area contributed by atoms with Crippen molar-refractivity contribution in [2.24, 2.45) is 12.8 Å². The Kier molecular flexibility index (Phi) is 4.24. The molecule has 0 bridgehead atoms. The number of amides is 1. The summed E-state index contributed by atoms with van der Waals surface area (Å²) in [5, 5.41) is 12.6. The topological polar surface area (TPSA) is 87.9 Å². The van der Waals surface area contributed by atoms with Crippen LogP contribution in [0.4, 0.5) is 0 Å². The van der Waals surface area contributed by atoms with Crippen molar-refractivity contribution in [3.63, 3.8) is 0 Å². The molecule has 0 radical (unpaired) electrons. The Bertz CT molecular complexity index is 433. The van der Waals surface area contributed by atoms with E-state index in [1.807, 2.05) is 13.0 Å². The third kappa shape index (κ3) is 3.04. The zero-order valence-corrected chi connectivity index (χ0v) is 10.3. The van der Waals surface area contributed by atoms with Crippen LogP contribution in [0.5, 0.6) is 0 Å². The first-order valence-corrected chi connectivity index (χ1v) is 5.35. The lowest BCUT2D eigenvalue weighted by Crippen LogP contribution is -2.40. The monoisotopic (exact) mass is 235 g/mol. The number of carbonyl (C=O) groups is 1. The maximum atomic E-state index is 12.0. The molecule has 92 valence electrons. The molecule has 6 nitrogen and oxygen atoms in total. The Morgan fingerprint density at radius 1 is 1.76 bits per heavy atom. The maximum Gasteiger partial charge on any atom is 0.244 e. The molecule has 0 spiro atoms. The molecule has 1 aromatic heterocycles. The fourth-order valence-electron chi connectivity index (χ4n) is 1.45. The number of hydrogen-bond donors (Lipinski definition) is 1. The predicted molar refractivity (Wildman–Crippen MR) is 62.6 cm³/mol. The van der Waals surface area contributed by atoms with Crippen molar-refractivity contribution in [1.29, 1.82) is 5.26 Å². The van der Waals surface area contributed by atoms with Gasteiger partial charge in [-0.25, -0.2) is 0 Å². The van der Waals surface area contributed by atoms with Gasteiger partial charge in [-0.3, -0.25) is 9.48 Å². The number of aryl methyl sites for hydroxylation is 1. The van der Waals surface area contributed by atoms with Gasteiger partial charge in [0.25, 0.3) is 0 Å². The lowest BCUT2D eigenvalue weighted by molar-refractivity contribution is -0.133. The molecule has 2 N–H and O–H groups in total. The number of aromatic nitrogens is 2. The molecule has 6 heteroatoms. The van der Waals surface area contributed by atoms with E-state index in [2.05, 4.69) is 5.10 Å². The normalized spacial score (nSPS) is 13.8. The van der Waals surface area contributed by atoms with E-state index in [-0.39, 0.29) is 11.9 Å². The van der Waals surface area contributed by atoms with Crippen LogP contribution in [-0.2, 0) is 11.8 Å². The van der Waals surface area contributed by atoms with Crippen molar-refractivity contribution >= 4 is 5.91 Å². The van der Waals surface area contributed by atoms with Gasteiger partial charge < -0.3 is 10.6 Å². The van der Waals surface area contributed by atoms with Crippen LogP contribution >= 0.6 is 0 Å². The van der Waals surface area contributed by atoms with Gasteiger partial charge in [0.15, 0.2) is 0 Å². The molecule has 0 aliphatic heterocycles. The number of nitriles is 1. The summed E-state index contributed by atoms with van der Waals surface area (Å²) in [5.74, 6) is -0.208. The summed E-state index contributed by atoms with van der Waals surface area (Å²) < 4.78 is 1.60. The third-order valence-electron chi connectivity index (χ3n) is 2.75. The largest absolute Gasteiger partial charge is 0.340 e. The van der Waals surface area contributed by atoms with E-state index >= 15 is 0 Å². The van der Waals surface area contributed by atoms with Gasteiger partial charge in [-0.1, -0.05) is 0 Å². The second-order valence-electron chi connectivity index (χ2n) is 4.09. The standard InChI is InChI=1S/C11H17N5O/c1-8(4-5-12)16(3)11(17)10(13)9-6-14-15(2)7-9/h6-8,10H,4,13H2,1-3H3. The van der Waals surface area contributed by atoms with Crippen LogP contribution in [0.25, 0.3) is 0 Å². The summed E-state index contributed by atoms with van der Waals surface area (Å²) in [6.45, 7) is 1.82. The minimum Gasteiger partial charge on any atom is -0.340 e. The van der Waals surface area contributed by atoms with E-state index in [0.29, 0.717) is 12.0 Å². The Morgan fingerprint density at radius 2 is 2.41 bits per heavy atom. The third-order valence-corrected chi connectivity index (χ3v) is 2.75. The quantitative estimate of drug-likeness (QED) is 0.806. The fourth-order valence-corrected chi connectivity index (χ4v) is 1.45. The predicted octanol–water partition coefficient (Wildman–Crippen LogP) is 0.180. The van der Waals surface area contributed by atoms with Gasteiger partial charge in [0, 0.05) is 31.9 Å². The SMILES string of the molecule is CC(CC#N)N(C)C(=O)C(N)c1cnn(C)c1. The zero-order valence-electron chi connectivity index (χ0n) is 10.3. The molecular weight excluding hydrogens is 218 g/mol. The van der Waals surface area contributed by atoms with Gasteiger partial charge in [0.2, 0.25) is 5.91 Å². The number of likely N-dealkylation sites (N-methyl/N-ethyl adjacent to an activating group) is 1. The van der Waals surface area contributed by atoms with E-state index in [4.69, 9.17) is 11.0 Å². The highest BCUT2D eigenvalue weighted by atomic mass is 16.2. The van der Waals surface area contributed by atoms with Gasteiger partial charge in [-0.05, 0) is 6.92 Å². The first kappa shape index (κ1) is 13.2. The lowest BCUT2D eigenvalue weighted by atomic mass is 10.1. The van der Waals surface area contributed by atoms with Crippen molar-refractivity contribution in [3.8, 4) is 6.07 Å². The maximum absolute atomic E-state index is 12.0. The number of nitrogens with two attached hydrogens (primary N) is 1. The van der Waals surface area contributed by atoms with Gasteiger partial charge in [-0.15, -0.1) is 0 Å². The first-order chi connectivity index (χ1) is 7.97. The number of nitrogens with zero attached hydrogens (tertiary/aromatic N) is 4. The Balaban J connectivity index is 2.73. The number of rotatable bonds is 4. The Morgan fingerprint density at radius 3 is 2.88 bits per heavy atom. The molecule has 2 atom stereocenters. The number of carbonyl (C=O) groups excluding carboxylic acids is 1. The average molecular weight is 235 g/mol.